The third-order valence-corrected chi connectivity index (χ3v) is 4.18. The molecule has 30 heavy (non-hydrogen) atoms. The Morgan fingerprint density at radius 3 is 2.60 bits per heavy atom. The smallest absolute Gasteiger partial charge is 0.294 e. The molecule has 0 aliphatic rings. The van der Waals surface area contributed by atoms with Crippen molar-refractivity contribution >= 4 is 23.2 Å². The highest BCUT2D eigenvalue weighted by atomic mass is 35.5. The van der Waals surface area contributed by atoms with E-state index in [1.54, 1.807) is 0 Å². The van der Waals surface area contributed by atoms with E-state index >= 15 is 0 Å². The molecule has 0 amide bonds. The maximum absolute atomic E-state index is 14.2. The van der Waals surface area contributed by atoms with Crippen LogP contribution in [0.1, 0.15) is 29.6 Å². The fraction of sp³-hybridized carbons (Fsp3) is 0.167. The van der Waals surface area contributed by atoms with Crippen LogP contribution in [0.15, 0.2) is 33.9 Å². The molecule has 0 fully saturated rings. The lowest BCUT2D eigenvalue weighted by Crippen LogP contribution is -2.24. The first-order valence-electron chi connectivity index (χ1n) is 8.21. The zero-order chi connectivity index (χ0) is 22.1. The summed E-state index contributed by atoms with van der Waals surface area (Å²) >= 11 is 11.6. The number of alkyl halides is 2. The Morgan fingerprint density at radius 1 is 1.20 bits per heavy atom. The first-order valence-corrected chi connectivity index (χ1v) is 8.96. The maximum Gasteiger partial charge on any atom is 0.294 e. The van der Waals surface area contributed by atoms with Gasteiger partial charge in [-0.3, -0.25) is 9.59 Å². The number of hydrogen-bond donors (Lipinski definition) is 2. The van der Waals surface area contributed by atoms with Crippen molar-refractivity contribution < 1.29 is 13.5 Å². The van der Waals surface area contributed by atoms with Crippen molar-refractivity contribution in [2.45, 2.75) is 19.3 Å². The van der Waals surface area contributed by atoms with E-state index in [4.69, 9.17) is 33.2 Å². The number of benzene rings is 1. The molecule has 3 rings (SSSR count). The van der Waals surface area contributed by atoms with Gasteiger partial charge < -0.3 is 9.72 Å². The zero-order valence-electron chi connectivity index (χ0n) is 15.1. The number of aromatic nitrogens is 4. The molecule has 154 valence electrons. The van der Waals surface area contributed by atoms with Crippen LogP contribution in [-0.2, 0) is 12.3 Å². The molecule has 3 aromatic rings. The van der Waals surface area contributed by atoms with Crippen molar-refractivity contribution in [3.05, 3.63) is 77.8 Å². The predicted molar refractivity (Wildman–Crippen MR) is 103 cm³/mol. The highest BCUT2D eigenvalue weighted by Gasteiger charge is 2.33. The average Bonchev–Trinajstić information content (AvgIpc) is 2.65. The van der Waals surface area contributed by atoms with Gasteiger partial charge in [-0.15, -0.1) is 0 Å². The number of hydrogen-bond acceptors (Lipinski definition) is 6. The number of nitrogens with one attached hydrogen (secondary N) is 2. The highest BCUT2D eigenvalue weighted by Crippen LogP contribution is 2.34. The van der Waals surface area contributed by atoms with Gasteiger partial charge in [0.2, 0.25) is 5.75 Å². The second-order valence-corrected chi connectivity index (χ2v) is 7.01. The molecule has 2 N–H and O–H groups in total. The van der Waals surface area contributed by atoms with Gasteiger partial charge in [0, 0.05) is 23.9 Å². The number of aromatic amines is 2. The molecule has 2 heterocycles. The average molecular weight is 454 g/mol. The SMILES string of the molecule is CC(F)(F)c1nc(Cc2cc(Cl)n[nH]c2=O)[nH]c(=O)c1Oc1cc(Cl)cc(C#N)c1. The van der Waals surface area contributed by atoms with Gasteiger partial charge in [0.15, 0.2) is 5.69 Å². The largest absolute Gasteiger partial charge is 0.449 e. The van der Waals surface area contributed by atoms with Crippen molar-refractivity contribution in [1.82, 2.24) is 20.2 Å². The summed E-state index contributed by atoms with van der Waals surface area (Å²) in [7, 11) is 0. The topological polar surface area (TPSA) is 125 Å². The number of nitriles is 1. The lowest BCUT2D eigenvalue weighted by Gasteiger charge is -2.16. The van der Waals surface area contributed by atoms with E-state index in [0.717, 1.165) is 0 Å². The van der Waals surface area contributed by atoms with Gasteiger partial charge >= 0.3 is 0 Å². The summed E-state index contributed by atoms with van der Waals surface area (Å²) in [5.74, 6) is -4.63. The number of halogens is 4. The van der Waals surface area contributed by atoms with Crippen LogP contribution in [0.4, 0.5) is 8.78 Å². The van der Waals surface area contributed by atoms with Crippen molar-refractivity contribution in [2.75, 3.05) is 0 Å². The van der Waals surface area contributed by atoms with Gasteiger partial charge in [-0.1, -0.05) is 23.2 Å². The molecule has 0 bridgehead atoms. The van der Waals surface area contributed by atoms with Crippen molar-refractivity contribution in [1.29, 1.82) is 5.26 Å². The van der Waals surface area contributed by atoms with Crippen LogP contribution in [0.3, 0.4) is 0 Å². The van der Waals surface area contributed by atoms with Crippen LogP contribution < -0.4 is 15.9 Å². The standard InChI is InChI=1S/C18H11Cl2F2N5O3/c1-18(21,22)15-14(30-11-3-8(7-23)2-10(19)6-11)17(29)25-13(24-15)5-9-4-12(20)26-27-16(9)28/h2-4,6H,5H2,1H3,(H,27,28)(H,24,25,29). The zero-order valence-corrected chi connectivity index (χ0v) is 16.6. The second kappa shape index (κ2) is 8.22. The molecule has 0 aliphatic carbocycles. The van der Waals surface area contributed by atoms with E-state index in [0.29, 0.717) is 6.92 Å². The van der Waals surface area contributed by atoms with Crippen molar-refractivity contribution in [3.63, 3.8) is 0 Å². The molecule has 12 heteroatoms. The Hall–Kier alpha value is -3.29. The van der Waals surface area contributed by atoms with E-state index in [-0.39, 0.29) is 39.3 Å². The third-order valence-electron chi connectivity index (χ3n) is 3.77. The van der Waals surface area contributed by atoms with E-state index in [1.165, 1.54) is 24.3 Å². The molecular formula is C18H11Cl2F2N5O3. The molecule has 1 aromatic carbocycles. The minimum atomic E-state index is -3.56. The van der Waals surface area contributed by atoms with Gasteiger partial charge in [0.05, 0.1) is 11.6 Å². The number of rotatable bonds is 5. The number of nitrogens with zero attached hydrogens (tertiary/aromatic N) is 3. The lowest BCUT2D eigenvalue weighted by molar-refractivity contribution is 0.0101. The number of ether oxygens (including phenoxy) is 1. The van der Waals surface area contributed by atoms with Gasteiger partial charge in [-0.2, -0.15) is 19.1 Å². The van der Waals surface area contributed by atoms with E-state index in [9.17, 15) is 18.4 Å². The summed E-state index contributed by atoms with van der Waals surface area (Å²) in [6, 6.07) is 6.89. The Bertz CT molecular complexity index is 1280. The lowest BCUT2D eigenvalue weighted by atomic mass is 10.2. The fourth-order valence-electron chi connectivity index (χ4n) is 2.52. The highest BCUT2D eigenvalue weighted by molar-refractivity contribution is 6.30. The molecule has 0 aliphatic heterocycles. The van der Waals surface area contributed by atoms with Gasteiger partial charge in [-0.25, -0.2) is 10.1 Å². The quantitative estimate of drug-likeness (QED) is 0.608. The Balaban J connectivity index is 2.08. The van der Waals surface area contributed by atoms with Crippen LogP contribution in [-0.4, -0.2) is 20.2 Å². The molecule has 8 nitrogen and oxygen atoms in total. The summed E-state index contributed by atoms with van der Waals surface area (Å²) in [5, 5.41) is 14.7. The molecule has 0 saturated heterocycles. The third kappa shape index (κ3) is 4.82. The first kappa shape index (κ1) is 21.4. The monoisotopic (exact) mass is 453 g/mol. The molecular weight excluding hydrogens is 443 g/mol. The van der Waals surface area contributed by atoms with Crippen LogP contribution in [0.5, 0.6) is 11.5 Å². The molecule has 0 unspecified atom stereocenters. The first-order chi connectivity index (χ1) is 14.1. The Morgan fingerprint density at radius 2 is 1.93 bits per heavy atom. The Labute approximate surface area is 177 Å². The van der Waals surface area contributed by atoms with Crippen LogP contribution in [0.25, 0.3) is 0 Å². The summed E-state index contributed by atoms with van der Waals surface area (Å²) in [4.78, 5) is 30.4. The summed E-state index contributed by atoms with van der Waals surface area (Å²) < 4.78 is 33.7. The van der Waals surface area contributed by atoms with E-state index in [1.807, 2.05) is 6.07 Å². The number of H-pyrrole nitrogens is 2. The van der Waals surface area contributed by atoms with Crippen LogP contribution in [0.2, 0.25) is 10.2 Å². The van der Waals surface area contributed by atoms with Crippen molar-refractivity contribution in [3.8, 4) is 17.6 Å². The van der Waals surface area contributed by atoms with E-state index < -0.39 is 28.5 Å². The second-order valence-electron chi connectivity index (χ2n) is 6.19. The summed E-state index contributed by atoms with van der Waals surface area (Å²) in [6.45, 7) is 0.542. The molecule has 0 spiro atoms. The van der Waals surface area contributed by atoms with Gasteiger partial charge in [0.25, 0.3) is 17.0 Å². The Kier molecular flexibility index (Phi) is 5.87. The normalized spacial score (nSPS) is 11.2. The molecule has 0 radical (unpaired) electrons. The van der Waals surface area contributed by atoms with Crippen molar-refractivity contribution in [2.24, 2.45) is 0 Å². The predicted octanol–water partition coefficient (Wildman–Crippen LogP) is 3.53. The summed E-state index contributed by atoms with van der Waals surface area (Å²) in [5.41, 5.74) is -2.40. The van der Waals surface area contributed by atoms with Crippen LogP contribution >= 0.6 is 23.2 Å². The molecule has 0 saturated carbocycles. The molecule has 0 atom stereocenters. The minimum Gasteiger partial charge on any atom is -0.449 e. The van der Waals surface area contributed by atoms with Gasteiger partial charge in [-0.05, 0) is 24.3 Å². The minimum absolute atomic E-state index is 0.0257. The summed E-state index contributed by atoms with van der Waals surface area (Å²) in [6.07, 6.45) is -0.286. The fourth-order valence-corrected chi connectivity index (χ4v) is 2.92. The maximum atomic E-state index is 14.2. The van der Waals surface area contributed by atoms with Gasteiger partial charge in [0.1, 0.15) is 16.7 Å². The molecule has 2 aromatic heterocycles. The van der Waals surface area contributed by atoms with Crippen LogP contribution in [0, 0.1) is 11.3 Å². The van der Waals surface area contributed by atoms with E-state index in [2.05, 4.69) is 20.2 Å².